The Hall–Kier alpha value is -1.90. The monoisotopic (exact) mass is 516 g/mol. The average molecular weight is 517 g/mol. The van der Waals surface area contributed by atoms with Crippen LogP contribution in [-0.2, 0) is 23.7 Å². The number of fused-ring (bicyclic) bond motifs is 1. The lowest BCUT2D eigenvalue weighted by Gasteiger charge is -2.26. The standard InChI is InChI=1S/C34H44S2/c1-9-11-13-23-15-17-35-31(23)29-21-25(33(3,4)5)20-28-27(29)19-26(34(6,7)8)22-30(28)32-24(14-12-10-2)16-18-36-32/h15-22H,9-14H2,1-8H3. The van der Waals surface area contributed by atoms with E-state index in [0.29, 0.717) is 0 Å². The Morgan fingerprint density at radius 2 is 0.972 bits per heavy atom. The van der Waals surface area contributed by atoms with Crippen LogP contribution in [0.5, 0.6) is 0 Å². The van der Waals surface area contributed by atoms with Crippen molar-refractivity contribution in [2.75, 3.05) is 0 Å². The van der Waals surface area contributed by atoms with Crippen molar-refractivity contribution in [2.24, 2.45) is 0 Å². The Labute approximate surface area is 227 Å². The van der Waals surface area contributed by atoms with Gasteiger partial charge in [0.2, 0.25) is 0 Å². The molecule has 0 bridgehead atoms. The molecule has 0 aliphatic rings. The maximum atomic E-state index is 2.51. The van der Waals surface area contributed by atoms with Crippen LogP contribution in [0.15, 0.2) is 47.2 Å². The fourth-order valence-electron chi connectivity index (χ4n) is 4.98. The van der Waals surface area contributed by atoms with Crippen LogP contribution in [0, 0.1) is 0 Å². The van der Waals surface area contributed by atoms with Crippen LogP contribution in [0.3, 0.4) is 0 Å². The summed E-state index contributed by atoms with van der Waals surface area (Å²) >= 11 is 3.84. The summed E-state index contributed by atoms with van der Waals surface area (Å²) in [6.07, 6.45) is 7.28. The Morgan fingerprint density at radius 1 is 0.583 bits per heavy atom. The molecule has 0 unspecified atom stereocenters. The van der Waals surface area contributed by atoms with E-state index < -0.39 is 0 Å². The number of hydrogen-bond acceptors (Lipinski definition) is 2. The summed E-state index contributed by atoms with van der Waals surface area (Å²) in [5.74, 6) is 0. The van der Waals surface area contributed by atoms with Gasteiger partial charge in [-0.2, -0.15) is 0 Å². The highest BCUT2D eigenvalue weighted by Crippen LogP contribution is 2.45. The van der Waals surface area contributed by atoms with Crippen LogP contribution >= 0.6 is 22.7 Å². The molecule has 36 heavy (non-hydrogen) atoms. The van der Waals surface area contributed by atoms with Gasteiger partial charge >= 0.3 is 0 Å². The predicted octanol–water partition coefficient (Wildman–Crippen LogP) is 11.6. The van der Waals surface area contributed by atoms with E-state index in [-0.39, 0.29) is 10.8 Å². The van der Waals surface area contributed by atoms with E-state index >= 15 is 0 Å². The second-order valence-corrected chi connectivity index (χ2v) is 14.2. The summed E-state index contributed by atoms with van der Waals surface area (Å²) in [6, 6.07) is 14.7. The maximum Gasteiger partial charge on any atom is 0.0381 e. The Kier molecular flexibility index (Phi) is 8.17. The minimum atomic E-state index is 0.0875. The molecule has 0 N–H and O–H groups in total. The van der Waals surface area contributed by atoms with Gasteiger partial charge in [-0.1, -0.05) is 68.2 Å². The molecule has 0 atom stereocenters. The fourth-order valence-corrected chi connectivity index (χ4v) is 6.95. The van der Waals surface area contributed by atoms with Gasteiger partial charge in [-0.05, 0) is 117 Å². The molecule has 4 rings (SSSR count). The first-order chi connectivity index (χ1) is 17.0. The number of thiophene rings is 2. The van der Waals surface area contributed by atoms with E-state index in [4.69, 9.17) is 0 Å². The van der Waals surface area contributed by atoms with Crippen LogP contribution in [-0.4, -0.2) is 0 Å². The normalized spacial score (nSPS) is 12.6. The average Bonchev–Trinajstić information content (AvgIpc) is 3.48. The van der Waals surface area contributed by atoms with Crippen LogP contribution in [0.1, 0.15) is 103 Å². The molecule has 2 aromatic carbocycles. The molecule has 0 spiro atoms. The van der Waals surface area contributed by atoms with Crippen molar-refractivity contribution < 1.29 is 0 Å². The van der Waals surface area contributed by atoms with Crippen molar-refractivity contribution in [1.29, 1.82) is 0 Å². The quantitative estimate of drug-likeness (QED) is 0.218. The van der Waals surface area contributed by atoms with Gasteiger partial charge in [0.25, 0.3) is 0 Å². The van der Waals surface area contributed by atoms with Crippen molar-refractivity contribution in [1.82, 2.24) is 0 Å². The molecule has 2 heteroatoms. The Morgan fingerprint density at radius 3 is 1.31 bits per heavy atom. The van der Waals surface area contributed by atoms with Crippen molar-refractivity contribution in [2.45, 2.75) is 105 Å². The zero-order chi connectivity index (χ0) is 26.1. The number of benzene rings is 2. The van der Waals surface area contributed by atoms with Gasteiger partial charge in [0.05, 0.1) is 0 Å². The zero-order valence-corrected chi connectivity index (χ0v) is 25.3. The van der Waals surface area contributed by atoms with Crippen molar-refractivity contribution >= 4 is 33.4 Å². The van der Waals surface area contributed by atoms with Crippen molar-refractivity contribution in [3.8, 4) is 20.9 Å². The summed E-state index contributed by atoms with van der Waals surface area (Å²) < 4.78 is 0. The van der Waals surface area contributed by atoms with Crippen LogP contribution < -0.4 is 0 Å². The number of hydrogen-bond donors (Lipinski definition) is 0. The summed E-state index contributed by atoms with van der Waals surface area (Å²) in [5, 5.41) is 7.43. The summed E-state index contributed by atoms with van der Waals surface area (Å²) in [7, 11) is 0. The van der Waals surface area contributed by atoms with Gasteiger partial charge in [0.1, 0.15) is 0 Å². The minimum absolute atomic E-state index is 0.0875. The summed E-state index contributed by atoms with van der Waals surface area (Å²) in [5.41, 5.74) is 8.91. The summed E-state index contributed by atoms with van der Waals surface area (Å²) in [6.45, 7) is 18.7. The SMILES string of the molecule is CCCCc1ccsc1-c1cc(C(C)(C)C)cc2c(-c3sccc3CCCC)cc(C(C)(C)C)cc12. The maximum absolute atomic E-state index is 2.51. The van der Waals surface area contributed by atoms with Gasteiger partial charge in [0.15, 0.2) is 0 Å². The van der Waals surface area contributed by atoms with Crippen LogP contribution in [0.2, 0.25) is 0 Å². The van der Waals surface area contributed by atoms with E-state index in [1.54, 1.807) is 0 Å². The number of unbranched alkanes of at least 4 members (excludes halogenated alkanes) is 2. The second-order valence-electron chi connectivity index (χ2n) is 12.4. The van der Waals surface area contributed by atoms with Gasteiger partial charge in [-0.25, -0.2) is 0 Å². The smallest absolute Gasteiger partial charge is 0.0381 e. The first-order valence-corrected chi connectivity index (χ1v) is 15.6. The number of aryl methyl sites for hydroxylation is 2. The molecule has 2 heterocycles. The lowest BCUT2D eigenvalue weighted by Crippen LogP contribution is -2.13. The number of rotatable bonds is 8. The summed E-state index contributed by atoms with van der Waals surface area (Å²) in [4.78, 5) is 2.93. The highest BCUT2D eigenvalue weighted by atomic mass is 32.1. The van der Waals surface area contributed by atoms with Gasteiger partial charge < -0.3 is 0 Å². The lowest BCUT2D eigenvalue weighted by atomic mass is 9.79. The van der Waals surface area contributed by atoms with E-state index in [0.717, 1.165) is 12.8 Å². The third kappa shape index (κ3) is 5.65. The molecule has 0 amide bonds. The zero-order valence-electron chi connectivity index (χ0n) is 23.7. The van der Waals surface area contributed by atoms with Crippen LogP contribution in [0.4, 0.5) is 0 Å². The molecule has 0 radical (unpaired) electrons. The molecule has 0 saturated heterocycles. The molecule has 0 aliphatic heterocycles. The molecule has 0 saturated carbocycles. The van der Waals surface area contributed by atoms with Crippen molar-refractivity contribution in [3.05, 3.63) is 69.4 Å². The van der Waals surface area contributed by atoms with Crippen LogP contribution in [0.25, 0.3) is 31.7 Å². The predicted molar refractivity (Wildman–Crippen MR) is 165 cm³/mol. The van der Waals surface area contributed by atoms with E-state index in [2.05, 4.69) is 103 Å². The second kappa shape index (κ2) is 10.8. The lowest BCUT2D eigenvalue weighted by molar-refractivity contribution is 0.589. The van der Waals surface area contributed by atoms with Gasteiger partial charge in [-0.15, -0.1) is 22.7 Å². The fraction of sp³-hybridized carbons (Fsp3) is 0.471. The minimum Gasteiger partial charge on any atom is -0.144 e. The third-order valence-corrected chi connectivity index (χ3v) is 9.36. The van der Waals surface area contributed by atoms with Crippen molar-refractivity contribution in [3.63, 3.8) is 0 Å². The molecule has 0 nitrogen and oxygen atoms in total. The highest BCUT2D eigenvalue weighted by Gasteiger charge is 2.24. The van der Waals surface area contributed by atoms with Gasteiger partial charge in [0, 0.05) is 20.9 Å². The third-order valence-electron chi connectivity index (χ3n) is 7.38. The first kappa shape index (κ1) is 27.1. The molecular formula is C34H44S2. The molecular weight excluding hydrogens is 473 g/mol. The van der Waals surface area contributed by atoms with Gasteiger partial charge in [-0.3, -0.25) is 0 Å². The first-order valence-electron chi connectivity index (χ1n) is 13.8. The molecule has 2 aromatic heterocycles. The molecule has 0 fully saturated rings. The topological polar surface area (TPSA) is 0 Å². The molecule has 192 valence electrons. The molecule has 4 aromatic rings. The Balaban J connectivity index is 2.09. The van der Waals surface area contributed by atoms with E-state index in [9.17, 15) is 0 Å². The van der Waals surface area contributed by atoms with E-state index in [1.165, 1.54) is 79.6 Å². The Bertz CT molecular complexity index is 1210. The largest absolute Gasteiger partial charge is 0.144 e. The molecule has 0 aliphatic carbocycles. The van der Waals surface area contributed by atoms with E-state index in [1.807, 2.05) is 22.7 Å². The highest BCUT2D eigenvalue weighted by molar-refractivity contribution is 7.14.